The summed E-state index contributed by atoms with van der Waals surface area (Å²) >= 11 is 0. The van der Waals surface area contributed by atoms with E-state index >= 15 is 0 Å². The van der Waals surface area contributed by atoms with Crippen molar-refractivity contribution < 1.29 is 0 Å². The summed E-state index contributed by atoms with van der Waals surface area (Å²) in [5.74, 6) is 7.44. The Morgan fingerprint density at radius 1 is 0.208 bits per heavy atom. The van der Waals surface area contributed by atoms with Gasteiger partial charge in [-0.15, -0.1) is 0 Å². The van der Waals surface area contributed by atoms with E-state index in [9.17, 15) is 0 Å². The maximum Gasteiger partial charge on any atom is 0.233 e. The number of hydrogen-bond acceptors (Lipinski definition) is 21. The van der Waals surface area contributed by atoms with Crippen molar-refractivity contribution >= 4 is 53.5 Å². The van der Waals surface area contributed by atoms with Gasteiger partial charge in [0.1, 0.15) is 0 Å². The summed E-state index contributed by atoms with van der Waals surface area (Å²) in [6, 6.07) is 0.776. The summed E-state index contributed by atoms with van der Waals surface area (Å²) in [6.07, 6.45) is 36.2. The Bertz CT molecular complexity index is 3320. The smallest absolute Gasteiger partial charge is 0.233 e. The number of nitrogens with one attached hydrogen (secondary N) is 3. The van der Waals surface area contributed by atoms with E-state index in [1.807, 2.05) is 0 Å². The molecule has 5 aliphatic rings. The lowest BCUT2D eigenvalue weighted by atomic mass is 9.63. The molecule has 0 bridgehead atoms. The van der Waals surface area contributed by atoms with E-state index in [1.165, 1.54) is 6.42 Å². The summed E-state index contributed by atoms with van der Waals surface area (Å²) in [4.78, 5) is 76.7. The molecule has 3 aromatic heterocycles. The lowest BCUT2D eigenvalue weighted by Gasteiger charge is -2.52. The second-order valence-electron chi connectivity index (χ2n) is 45.9. The van der Waals surface area contributed by atoms with E-state index in [1.54, 1.807) is 0 Å². The van der Waals surface area contributed by atoms with Gasteiger partial charge in [-0.05, 0) is 252 Å². The highest BCUT2D eigenvalue weighted by Gasteiger charge is 2.49. The summed E-state index contributed by atoms with van der Waals surface area (Å²) < 4.78 is 0. The van der Waals surface area contributed by atoms with Gasteiger partial charge in [0.15, 0.2) is 0 Å². The van der Waals surface area contributed by atoms with Crippen LogP contribution in [0.5, 0.6) is 0 Å². The van der Waals surface area contributed by atoms with Gasteiger partial charge in [0.05, 0.1) is 6.67 Å². The van der Waals surface area contributed by atoms with Gasteiger partial charge in [0, 0.05) is 135 Å². The van der Waals surface area contributed by atoms with Crippen molar-refractivity contribution in [3.8, 4) is 0 Å². The molecule has 3 aliphatic heterocycles. The highest BCUT2D eigenvalue weighted by atomic mass is 15.5. The van der Waals surface area contributed by atoms with Crippen LogP contribution in [-0.4, -0.2) is 187 Å². The average molecular weight is 1670 g/mol. The van der Waals surface area contributed by atoms with Gasteiger partial charge in [-0.2, -0.15) is 44.9 Å². The van der Waals surface area contributed by atoms with Crippen molar-refractivity contribution in [3.63, 3.8) is 0 Å². The van der Waals surface area contributed by atoms with Crippen molar-refractivity contribution in [1.29, 1.82) is 0 Å². The Kier molecular flexibility index (Phi) is 36.9. The number of hydrogen-bond donors (Lipinski definition) is 3. The van der Waals surface area contributed by atoms with Crippen LogP contribution in [0.2, 0.25) is 0 Å². The molecule has 8 rings (SSSR count). The normalized spacial score (nSPS) is 20.7. The highest BCUT2D eigenvalue weighted by Crippen LogP contribution is 2.51. The fourth-order valence-corrected chi connectivity index (χ4v) is 23.2. The van der Waals surface area contributed by atoms with Crippen LogP contribution in [0.3, 0.4) is 0 Å². The molecule has 6 heterocycles. The van der Waals surface area contributed by atoms with E-state index in [0.717, 1.165) is 337 Å². The molecule has 0 atom stereocenters. The molecule has 0 amide bonds. The zero-order chi connectivity index (χ0) is 88.3. The van der Waals surface area contributed by atoms with Gasteiger partial charge in [-0.1, -0.05) is 188 Å². The third kappa shape index (κ3) is 30.4. The predicted molar refractivity (Wildman–Crippen MR) is 516 cm³/mol. The van der Waals surface area contributed by atoms with Gasteiger partial charge >= 0.3 is 0 Å². The van der Waals surface area contributed by atoms with Crippen molar-refractivity contribution in [2.24, 2.45) is 21.7 Å². The third-order valence-corrected chi connectivity index (χ3v) is 26.9. The third-order valence-electron chi connectivity index (χ3n) is 26.9. The topological polar surface area (TPSA) is 181 Å². The quantitative estimate of drug-likeness (QED) is 0.0358. The summed E-state index contributed by atoms with van der Waals surface area (Å²) in [6.45, 7) is 80.7. The largest absolute Gasteiger partial charge is 0.341 e. The first-order chi connectivity index (χ1) is 56.3. The lowest BCUT2D eigenvalue weighted by Crippen LogP contribution is -2.64. The van der Waals surface area contributed by atoms with Crippen LogP contribution in [-0.2, 0) is 0 Å². The van der Waals surface area contributed by atoms with Gasteiger partial charge in [0.2, 0.25) is 53.5 Å². The number of rotatable bonds is 50. The van der Waals surface area contributed by atoms with Crippen molar-refractivity contribution in [2.75, 3.05) is 123 Å². The molecule has 0 radical (unpaired) electrons. The zero-order valence-corrected chi connectivity index (χ0v) is 83.5. The van der Waals surface area contributed by atoms with Crippen LogP contribution in [0.4, 0.5) is 53.5 Å². The van der Waals surface area contributed by atoms with E-state index < -0.39 is 0 Å². The SMILES string of the molecule is CCCCN(CCCC)c1nc(N(CCCC)CCCC)nc(N(CCCCCCN(c2nc(N(CCCC)C3CC(C)(C)NC(C)(C)C3)nc(N(CN(c3nc(N(CCCC)CCCC)nc(N(CCCC)CCCC)n3)C3CC(C)(C)NC(C)(C)C3)C3CC(C)(C)CC(C)(C)C3)n2)C2CC(C)(C)CC(C)(C)C2)C2CC(C)(C)NC(C)(C)C2)n1. The van der Waals surface area contributed by atoms with Crippen molar-refractivity contribution in [3.05, 3.63) is 0 Å². The molecular formula is C99H187N21. The fraction of sp³-hybridized carbons (Fsp3) is 0.909. The first kappa shape index (κ1) is 101. The maximum atomic E-state index is 6.31. The number of unbranched alkanes of at least 4 members (excludes halogenated alkanes) is 12. The molecule has 21 nitrogen and oxygen atoms in total. The van der Waals surface area contributed by atoms with E-state index in [-0.39, 0.29) is 85.1 Å². The molecule has 5 fully saturated rings. The standard InChI is InChI=1S/C99H187N21/c1-30-39-52-112(53-40-31-2)81-100-82(113(54-41-32-3)55-42-33-4)103-85(102-81)118(79-69-96(22,23)110-97(24,25)70-79)62-51-49-48-50-61-117(76-63-90(10,11)73-91(12,13)64-76)87-106-86(116(60-47-38-9)78-67-94(18,19)109-95(20,21)68-78)107-89(108-87)119(77-65-92(14,15)74-93(16,17)66-77)75-120(80-71-98(26,27)111-99(28,29)72-80)88-104-83(114(56-43-34-5)57-44-35-6)101-84(105-88)115(58-45-36-7)59-46-37-8/h76-80,109-111H,30-75H2,1-29H3. The Hall–Kier alpha value is -4.89. The molecule has 3 saturated heterocycles. The van der Waals surface area contributed by atoms with Crippen molar-refractivity contribution in [2.45, 2.75) is 483 Å². The molecule has 3 aromatic rings. The van der Waals surface area contributed by atoms with E-state index in [2.05, 4.69) is 261 Å². The van der Waals surface area contributed by atoms with Gasteiger partial charge in [-0.25, -0.2) is 0 Å². The highest BCUT2D eigenvalue weighted by molar-refractivity contribution is 5.54. The molecule has 2 aliphatic carbocycles. The maximum absolute atomic E-state index is 6.31. The Balaban J connectivity index is 1.35. The first-order valence-electron chi connectivity index (χ1n) is 49.8. The summed E-state index contributed by atoms with van der Waals surface area (Å²) in [7, 11) is 0. The first-order valence-corrected chi connectivity index (χ1v) is 49.8. The van der Waals surface area contributed by atoms with Crippen molar-refractivity contribution in [1.82, 2.24) is 60.8 Å². The number of piperidine rings is 3. The average Bonchev–Trinajstić information content (AvgIpc) is 0.762. The minimum atomic E-state index is -0.187. The molecule has 0 unspecified atom stereocenters. The minimum Gasteiger partial charge on any atom is -0.341 e. The van der Waals surface area contributed by atoms with Crippen LogP contribution >= 0.6 is 0 Å². The number of aromatic nitrogens is 9. The monoisotopic (exact) mass is 1670 g/mol. The van der Waals surface area contributed by atoms with Gasteiger partial charge in [-0.3, -0.25) is 0 Å². The number of nitrogens with zero attached hydrogens (tertiary/aromatic N) is 18. The predicted octanol–water partition coefficient (Wildman–Crippen LogP) is 22.8. The second-order valence-corrected chi connectivity index (χ2v) is 45.9. The summed E-state index contributed by atoms with van der Waals surface area (Å²) in [5, 5.41) is 12.3. The fourth-order valence-electron chi connectivity index (χ4n) is 23.2. The van der Waals surface area contributed by atoms with Crippen LogP contribution < -0.4 is 60.0 Å². The van der Waals surface area contributed by atoms with Crippen LogP contribution in [0.15, 0.2) is 0 Å². The molecule has 0 aromatic carbocycles. The van der Waals surface area contributed by atoms with Gasteiger partial charge in [0.25, 0.3) is 0 Å². The molecule has 21 heteroatoms. The lowest BCUT2D eigenvalue weighted by molar-refractivity contribution is 0.0937. The second kappa shape index (κ2) is 44.0. The Labute approximate surface area is 737 Å². The molecule has 120 heavy (non-hydrogen) atoms. The van der Waals surface area contributed by atoms with Gasteiger partial charge < -0.3 is 60.0 Å². The minimum absolute atomic E-state index is 0.0334. The Morgan fingerprint density at radius 2 is 0.375 bits per heavy atom. The summed E-state index contributed by atoms with van der Waals surface area (Å²) in [5.41, 5.74) is -0.479. The zero-order valence-electron chi connectivity index (χ0n) is 83.5. The molecule has 0 spiro atoms. The van der Waals surface area contributed by atoms with E-state index in [4.69, 9.17) is 44.9 Å². The molecule has 3 N–H and O–H groups in total. The number of anilines is 9. The van der Waals surface area contributed by atoms with E-state index in [0.29, 0.717) is 6.67 Å². The van der Waals surface area contributed by atoms with Crippen LogP contribution in [0, 0.1) is 21.7 Å². The van der Waals surface area contributed by atoms with Crippen LogP contribution in [0.1, 0.15) is 419 Å². The molecule has 688 valence electrons. The van der Waals surface area contributed by atoms with Crippen LogP contribution in [0.25, 0.3) is 0 Å². The Morgan fingerprint density at radius 3 is 0.600 bits per heavy atom. The molecule has 2 saturated carbocycles. The molecular weight excluding hydrogens is 1480 g/mol.